The first-order valence-electron chi connectivity index (χ1n) is 8.28. The minimum atomic E-state index is -3.47. The summed E-state index contributed by atoms with van der Waals surface area (Å²) in [6, 6.07) is 8.42. The summed E-state index contributed by atoms with van der Waals surface area (Å²) in [5, 5.41) is 0. The van der Waals surface area contributed by atoms with E-state index in [2.05, 4.69) is 19.6 Å². The molecule has 1 fully saturated rings. The van der Waals surface area contributed by atoms with E-state index in [4.69, 9.17) is 0 Å². The molecule has 0 radical (unpaired) electrons. The predicted octanol–water partition coefficient (Wildman–Crippen LogP) is 1.52. The Hall–Kier alpha value is -1.99. The van der Waals surface area contributed by atoms with Gasteiger partial charge in [-0.3, -0.25) is 0 Å². The normalized spacial score (nSPS) is 20.3. The highest BCUT2D eigenvalue weighted by molar-refractivity contribution is 7.89. The Labute approximate surface area is 142 Å². The molecule has 1 aromatic heterocycles. The molecule has 1 aliphatic heterocycles. The fourth-order valence-electron chi connectivity index (χ4n) is 3.55. The molecule has 2 aliphatic rings. The van der Waals surface area contributed by atoms with Crippen LogP contribution >= 0.6 is 0 Å². The number of benzene rings is 1. The Morgan fingerprint density at radius 3 is 2.79 bits per heavy atom. The molecule has 24 heavy (non-hydrogen) atoms. The van der Waals surface area contributed by atoms with Gasteiger partial charge in [0.2, 0.25) is 10.0 Å². The zero-order valence-corrected chi connectivity index (χ0v) is 14.2. The van der Waals surface area contributed by atoms with Gasteiger partial charge < -0.3 is 4.90 Å². The van der Waals surface area contributed by atoms with Crippen LogP contribution in [0.25, 0.3) is 0 Å². The lowest BCUT2D eigenvalue weighted by atomic mass is 10.2. The quantitative estimate of drug-likeness (QED) is 0.910. The molecule has 1 aliphatic carbocycles. The van der Waals surface area contributed by atoms with E-state index in [0.717, 1.165) is 43.7 Å². The Kier molecular flexibility index (Phi) is 3.97. The number of rotatable bonds is 4. The van der Waals surface area contributed by atoms with Crippen LogP contribution < -0.4 is 9.62 Å². The van der Waals surface area contributed by atoms with Crippen molar-refractivity contribution < 1.29 is 8.42 Å². The minimum absolute atomic E-state index is 0.0952. The molecule has 0 bridgehead atoms. The molecule has 2 aromatic rings. The number of aryl methyl sites for hydroxylation is 1. The number of hydrogen-bond donors (Lipinski definition) is 1. The van der Waals surface area contributed by atoms with Crippen molar-refractivity contribution in [1.29, 1.82) is 0 Å². The highest BCUT2D eigenvalue weighted by atomic mass is 32.2. The van der Waals surface area contributed by atoms with E-state index < -0.39 is 10.0 Å². The van der Waals surface area contributed by atoms with E-state index >= 15 is 0 Å². The topological polar surface area (TPSA) is 75.2 Å². The second-order valence-corrected chi connectivity index (χ2v) is 8.06. The van der Waals surface area contributed by atoms with Crippen LogP contribution in [-0.4, -0.2) is 37.5 Å². The van der Waals surface area contributed by atoms with Gasteiger partial charge >= 0.3 is 0 Å². The average Bonchev–Trinajstić information content (AvgIpc) is 3.24. The molecule has 6 nitrogen and oxygen atoms in total. The summed E-state index contributed by atoms with van der Waals surface area (Å²) in [5.41, 5.74) is 2.39. The predicted molar refractivity (Wildman–Crippen MR) is 91.4 cm³/mol. The Morgan fingerprint density at radius 2 is 1.96 bits per heavy atom. The molecule has 2 heterocycles. The van der Waals surface area contributed by atoms with E-state index in [1.165, 1.54) is 5.56 Å². The third-order valence-corrected chi connectivity index (χ3v) is 6.25. The van der Waals surface area contributed by atoms with Crippen LogP contribution in [-0.2, 0) is 22.9 Å². The van der Waals surface area contributed by atoms with E-state index in [1.807, 2.05) is 6.07 Å². The zero-order valence-electron chi connectivity index (χ0n) is 13.4. The average molecular weight is 344 g/mol. The van der Waals surface area contributed by atoms with Crippen LogP contribution in [0.15, 0.2) is 41.6 Å². The smallest absolute Gasteiger partial charge is 0.240 e. The number of sulfonamides is 1. The molecule has 7 heteroatoms. The third-order valence-electron chi connectivity index (χ3n) is 4.72. The van der Waals surface area contributed by atoms with Crippen molar-refractivity contribution >= 4 is 15.8 Å². The van der Waals surface area contributed by atoms with Gasteiger partial charge in [-0.05, 0) is 37.8 Å². The highest BCUT2D eigenvalue weighted by Crippen LogP contribution is 2.30. The Morgan fingerprint density at radius 1 is 1.12 bits per heavy atom. The molecule has 1 atom stereocenters. The summed E-state index contributed by atoms with van der Waals surface area (Å²) < 4.78 is 27.8. The SMILES string of the molecule is O=S(=O)(NC1CCN(c2ncnc3c2CCC3)C1)c1ccccc1. The number of hydrogen-bond acceptors (Lipinski definition) is 5. The molecular formula is C17H20N4O2S. The van der Waals surface area contributed by atoms with Gasteiger partial charge in [0.15, 0.2) is 0 Å². The fraction of sp³-hybridized carbons (Fsp3) is 0.412. The standard InChI is InChI=1S/C17H20N4O2S/c22-24(23,14-5-2-1-3-6-14)20-13-9-10-21(11-13)17-15-7-4-8-16(15)18-12-19-17/h1-3,5-6,12-13,20H,4,7-11H2. The minimum Gasteiger partial charge on any atom is -0.355 e. The van der Waals surface area contributed by atoms with Crippen molar-refractivity contribution in [3.05, 3.63) is 47.9 Å². The highest BCUT2D eigenvalue weighted by Gasteiger charge is 2.30. The van der Waals surface area contributed by atoms with E-state index in [-0.39, 0.29) is 6.04 Å². The molecule has 1 unspecified atom stereocenters. The van der Waals surface area contributed by atoms with Crippen LogP contribution in [0.3, 0.4) is 0 Å². The summed E-state index contributed by atoms with van der Waals surface area (Å²) in [5.74, 6) is 0.985. The second-order valence-electron chi connectivity index (χ2n) is 6.34. The van der Waals surface area contributed by atoms with Gasteiger partial charge in [-0.1, -0.05) is 18.2 Å². The van der Waals surface area contributed by atoms with Crippen molar-refractivity contribution in [1.82, 2.24) is 14.7 Å². The van der Waals surface area contributed by atoms with Crippen LogP contribution in [0.2, 0.25) is 0 Å². The molecule has 1 saturated heterocycles. The van der Waals surface area contributed by atoms with Crippen molar-refractivity contribution in [3.8, 4) is 0 Å². The molecule has 0 amide bonds. The monoisotopic (exact) mass is 344 g/mol. The fourth-order valence-corrected chi connectivity index (χ4v) is 4.83. The molecule has 0 spiro atoms. The maximum absolute atomic E-state index is 12.5. The summed E-state index contributed by atoms with van der Waals surface area (Å²) in [4.78, 5) is 11.3. The van der Waals surface area contributed by atoms with Crippen LogP contribution in [0.4, 0.5) is 5.82 Å². The van der Waals surface area contributed by atoms with Crippen LogP contribution in [0.1, 0.15) is 24.1 Å². The largest absolute Gasteiger partial charge is 0.355 e. The van der Waals surface area contributed by atoms with Gasteiger partial charge in [-0.2, -0.15) is 0 Å². The lowest BCUT2D eigenvalue weighted by molar-refractivity contribution is 0.561. The van der Waals surface area contributed by atoms with Gasteiger partial charge in [0, 0.05) is 30.4 Å². The molecule has 1 aromatic carbocycles. The second kappa shape index (κ2) is 6.14. The van der Waals surface area contributed by atoms with Gasteiger partial charge in [-0.15, -0.1) is 0 Å². The third kappa shape index (κ3) is 2.89. The summed E-state index contributed by atoms with van der Waals surface area (Å²) in [6.45, 7) is 1.46. The van der Waals surface area contributed by atoms with Crippen molar-refractivity contribution in [2.75, 3.05) is 18.0 Å². The summed E-state index contributed by atoms with van der Waals surface area (Å²) in [7, 11) is -3.47. The maximum atomic E-state index is 12.5. The van der Waals surface area contributed by atoms with E-state index in [0.29, 0.717) is 11.4 Å². The van der Waals surface area contributed by atoms with E-state index in [1.54, 1.807) is 30.6 Å². The van der Waals surface area contributed by atoms with Gasteiger partial charge in [0.05, 0.1) is 4.90 Å². The van der Waals surface area contributed by atoms with Crippen molar-refractivity contribution in [2.24, 2.45) is 0 Å². The zero-order chi connectivity index (χ0) is 16.6. The van der Waals surface area contributed by atoms with Crippen molar-refractivity contribution in [2.45, 2.75) is 36.6 Å². The first kappa shape index (κ1) is 15.5. The molecule has 4 rings (SSSR count). The lowest BCUT2D eigenvalue weighted by Gasteiger charge is -2.20. The Balaban J connectivity index is 1.49. The number of nitrogens with zero attached hydrogens (tertiary/aromatic N) is 3. The number of anilines is 1. The van der Waals surface area contributed by atoms with Crippen LogP contribution in [0.5, 0.6) is 0 Å². The van der Waals surface area contributed by atoms with Crippen molar-refractivity contribution in [3.63, 3.8) is 0 Å². The Bertz CT molecular complexity index is 839. The first-order valence-corrected chi connectivity index (χ1v) is 9.77. The number of aromatic nitrogens is 2. The van der Waals surface area contributed by atoms with Gasteiger partial charge in [0.1, 0.15) is 12.1 Å². The molecule has 126 valence electrons. The van der Waals surface area contributed by atoms with Gasteiger partial charge in [-0.25, -0.2) is 23.1 Å². The summed E-state index contributed by atoms with van der Waals surface area (Å²) >= 11 is 0. The lowest BCUT2D eigenvalue weighted by Crippen LogP contribution is -2.37. The number of nitrogens with one attached hydrogen (secondary N) is 1. The first-order chi connectivity index (χ1) is 11.6. The number of fused-ring (bicyclic) bond motifs is 1. The van der Waals surface area contributed by atoms with E-state index in [9.17, 15) is 8.42 Å². The van der Waals surface area contributed by atoms with Crippen LogP contribution in [0, 0.1) is 0 Å². The maximum Gasteiger partial charge on any atom is 0.240 e. The molecular weight excluding hydrogens is 324 g/mol. The van der Waals surface area contributed by atoms with Gasteiger partial charge in [0.25, 0.3) is 0 Å². The molecule has 0 saturated carbocycles. The summed E-state index contributed by atoms with van der Waals surface area (Å²) in [6.07, 6.45) is 5.57. The molecule has 1 N–H and O–H groups in total.